The lowest BCUT2D eigenvalue weighted by molar-refractivity contribution is -0.161. The number of ether oxygens (including phenoxy) is 1. The van der Waals surface area contributed by atoms with Crippen LogP contribution in [-0.2, 0) is 4.74 Å². The van der Waals surface area contributed by atoms with E-state index in [1.54, 1.807) is 0 Å². The van der Waals surface area contributed by atoms with Gasteiger partial charge in [0.1, 0.15) is 0 Å². The molecule has 0 aliphatic heterocycles. The van der Waals surface area contributed by atoms with Crippen LogP contribution in [0, 0.1) is 0 Å². The van der Waals surface area contributed by atoms with Gasteiger partial charge in [0.05, 0.1) is 5.60 Å². The van der Waals surface area contributed by atoms with Gasteiger partial charge in [-0.1, -0.05) is 0 Å². The Morgan fingerprint density at radius 2 is 1.88 bits per heavy atom. The molecule has 3 N–H and O–H groups in total. The molecule has 0 aromatic carbocycles. The molecule has 0 radical (unpaired) electrons. The van der Waals surface area contributed by atoms with Crippen LogP contribution in [0.3, 0.4) is 0 Å². The summed E-state index contributed by atoms with van der Waals surface area (Å²) in [7, 11) is 0. The van der Waals surface area contributed by atoms with Crippen molar-refractivity contribution in [2.75, 3.05) is 0 Å². The monoisotopic (exact) mass is 119 g/mol. The zero-order valence-corrected chi connectivity index (χ0v) is 5.51. The van der Waals surface area contributed by atoms with Gasteiger partial charge in [-0.25, -0.2) is 0 Å². The van der Waals surface area contributed by atoms with Crippen LogP contribution in [0.1, 0.15) is 20.8 Å². The number of aliphatic hydroxyl groups is 1. The van der Waals surface area contributed by atoms with Crippen molar-refractivity contribution in [3.8, 4) is 0 Å². The zero-order valence-electron chi connectivity index (χ0n) is 5.51. The minimum Gasteiger partial charge on any atom is -0.356 e. The largest absolute Gasteiger partial charge is 0.356 e. The van der Waals surface area contributed by atoms with Gasteiger partial charge in [-0.3, -0.25) is 5.73 Å². The second-order valence-corrected chi connectivity index (χ2v) is 2.62. The van der Waals surface area contributed by atoms with Crippen molar-refractivity contribution in [3.05, 3.63) is 0 Å². The van der Waals surface area contributed by atoms with Gasteiger partial charge in [0.2, 0.25) is 6.41 Å². The normalized spacial score (nSPS) is 16.1. The highest BCUT2D eigenvalue weighted by molar-refractivity contribution is 4.57. The van der Waals surface area contributed by atoms with E-state index >= 15 is 0 Å². The molecule has 8 heavy (non-hydrogen) atoms. The molecule has 3 nitrogen and oxygen atoms in total. The minimum atomic E-state index is -1.16. The Morgan fingerprint density at radius 1 is 1.50 bits per heavy atom. The standard InChI is InChI=1S/C5H13NO2/c1-5(2,3)8-4(6)7/h4,7H,6H2,1-3H3/t4-/m1/s1. The number of hydrogen-bond acceptors (Lipinski definition) is 3. The van der Waals surface area contributed by atoms with Gasteiger partial charge >= 0.3 is 0 Å². The highest BCUT2D eigenvalue weighted by Gasteiger charge is 2.12. The van der Waals surface area contributed by atoms with Gasteiger partial charge in [-0.05, 0) is 20.8 Å². The van der Waals surface area contributed by atoms with Crippen molar-refractivity contribution in [3.63, 3.8) is 0 Å². The van der Waals surface area contributed by atoms with E-state index in [0.29, 0.717) is 0 Å². The van der Waals surface area contributed by atoms with E-state index in [1.165, 1.54) is 0 Å². The van der Waals surface area contributed by atoms with E-state index in [-0.39, 0.29) is 5.60 Å². The average Bonchev–Trinajstić information content (AvgIpc) is 1.21. The number of nitrogens with two attached hydrogens (primary N) is 1. The molecule has 0 amide bonds. The summed E-state index contributed by atoms with van der Waals surface area (Å²) >= 11 is 0. The highest BCUT2D eigenvalue weighted by atomic mass is 16.6. The lowest BCUT2D eigenvalue weighted by Crippen LogP contribution is -2.32. The van der Waals surface area contributed by atoms with Crippen LogP contribution < -0.4 is 5.73 Å². The molecule has 50 valence electrons. The van der Waals surface area contributed by atoms with Gasteiger partial charge in [0.15, 0.2) is 0 Å². The van der Waals surface area contributed by atoms with Crippen molar-refractivity contribution in [2.45, 2.75) is 32.8 Å². The van der Waals surface area contributed by atoms with E-state index in [1.807, 2.05) is 20.8 Å². The molecule has 3 heteroatoms. The fourth-order valence-corrected chi connectivity index (χ4v) is 0.362. The first-order chi connectivity index (χ1) is 3.42. The van der Waals surface area contributed by atoms with Crippen LogP contribution >= 0.6 is 0 Å². The Balaban J connectivity index is 3.39. The van der Waals surface area contributed by atoms with E-state index < -0.39 is 6.41 Å². The predicted octanol–water partition coefficient (Wildman–Crippen LogP) is 0.0361. The lowest BCUT2D eigenvalue weighted by Gasteiger charge is -2.20. The smallest absolute Gasteiger partial charge is 0.211 e. The zero-order chi connectivity index (χ0) is 6.78. The predicted molar refractivity (Wildman–Crippen MR) is 31.0 cm³/mol. The van der Waals surface area contributed by atoms with Gasteiger partial charge < -0.3 is 9.84 Å². The van der Waals surface area contributed by atoms with Crippen LogP contribution in [0.5, 0.6) is 0 Å². The summed E-state index contributed by atoms with van der Waals surface area (Å²) in [6, 6.07) is 0. The summed E-state index contributed by atoms with van der Waals surface area (Å²) in [6.07, 6.45) is -1.16. The molecular weight excluding hydrogens is 106 g/mol. The fourth-order valence-electron chi connectivity index (χ4n) is 0.362. The molecule has 0 unspecified atom stereocenters. The number of aliphatic hydroxyl groups excluding tert-OH is 1. The molecule has 0 bridgehead atoms. The van der Waals surface area contributed by atoms with Gasteiger partial charge in [-0.2, -0.15) is 0 Å². The van der Waals surface area contributed by atoms with Crippen LogP contribution in [0.25, 0.3) is 0 Å². The third-order valence-corrected chi connectivity index (χ3v) is 0.474. The Morgan fingerprint density at radius 3 is 1.88 bits per heavy atom. The molecule has 0 aromatic rings. The summed E-state index contributed by atoms with van der Waals surface area (Å²) in [5.41, 5.74) is 4.56. The fraction of sp³-hybridized carbons (Fsp3) is 1.00. The van der Waals surface area contributed by atoms with Crippen molar-refractivity contribution < 1.29 is 9.84 Å². The minimum absolute atomic E-state index is 0.353. The maximum Gasteiger partial charge on any atom is 0.211 e. The summed E-state index contributed by atoms with van der Waals surface area (Å²) in [5, 5.41) is 8.44. The number of rotatable bonds is 1. The molecule has 0 rings (SSSR count). The van der Waals surface area contributed by atoms with E-state index in [2.05, 4.69) is 0 Å². The summed E-state index contributed by atoms with van der Waals surface area (Å²) in [6.45, 7) is 5.47. The Bertz CT molecular complexity index is 65.3. The molecule has 0 aromatic heterocycles. The average molecular weight is 119 g/mol. The summed E-state index contributed by atoms with van der Waals surface area (Å²) < 4.78 is 4.77. The van der Waals surface area contributed by atoms with Gasteiger partial charge in [-0.15, -0.1) is 0 Å². The van der Waals surface area contributed by atoms with Crippen molar-refractivity contribution in [1.82, 2.24) is 0 Å². The highest BCUT2D eigenvalue weighted by Crippen LogP contribution is 2.06. The molecule has 0 aliphatic carbocycles. The second-order valence-electron chi connectivity index (χ2n) is 2.62. The molecule has 0 heterocycles. The van der Waals surface area contributed by atoms with E-state index in [0.717, 1.165) is 0 Å². The Labute approximate surface area is 49.4 Å². The molecule has 0 saturated heterocycles. The van der Waals surface area contributed by atoms with Crippen molar-refractivity contribution in [2.24, 2.45) is 5.73 Å². The maximum absolute atomic E-state index is 8.44. The molecular formula is C5H13NO2. The summed E-state index contributed by atoms with van der Waals surface area (Å²) in [4.78, 5) is 0. The van der Waals surface area contributed by atoms with Crippen LogP contribution in [0.15, 0.2) is 0 Å². The van der Waals surface area contributed by atoms with Gasteiger partial charge in [0, 0.05) is 0 Å². The SMILES string of the molecule is CC(C)(C)O[C@H](N)O. The number of hydrogen-bond donors (Lipinski definition) is 2. The lowest BCUT2D eigenvalue weighted by atomic mass is 10.2. The quantitative estimate of drug-likeness (QED) is 0.479. The molecule has 0 aliphatic rings. The van der Waals surface area contributed by atoms with E-state index in [9.17, 15) is 0 Å². The molecule has 1 atom stereocenters. The molecule has 0 fully saturated rings. The Kier molecular flexibility index (Phi) is 2.40. The third-order valence-electron chi connectivity index (χ3n) is 0.474. The second kappa shape index (κ2) is 2.44. The molecule has 0 saturated carbocycles. The topological polar surface area (TPSA) is 55.5 Å². The Hall–Kier alpha value is -0.120. The first-order valence-electron chi connectivity index (χ1n) is 2.53. The van der Waals surface area contributed by atoms with Crippen LogP contribution in [0.4, 0.5) is 0 Å². The van der Waals surface area contributed by atoms with Crippen LogP contribution in [-0.4, -0.2) is 17.1 Å². The van der Waals surface area contributed by atoms with Gasteiger partial charge in [0.25, 0.3) is 0 Å². The van der Waals surface area contributed by atoms with Crippen molar-refractivity contribution >= 4 is 0 Å². The third kappa shape index (κ3) is 5.88. The van der Waals surface area contributed by atoms with E-state index in [4.69, 9.17) is 15.6 Å². The first kappa shape index (κ1) is 7.88. The summed E-state index contributed by atoms with van der Waals surface area (Å²) in [5.74, 6) is 0. The first-order valence-corrected chi connectivity index (χ1v) is 2.53. The van der Waals surface area contributed by atoms with Crippen molar-refractivity contribution in [1.29, 1.82) is 0 Å². The van der Waals surface area contributed by atoms with Crippen LogP contribution in [0.2, 0.25) is 0 Å². The maximum atomic E-state index is 8.44. The molecule has 0 spiro atoms.